The molecule has 1 aromatic rings. The number of rotatable bonds is 5. The number of methoxy groups -OCH3 is 1. The van der Waals surface area contributed by atoms with Gasteiger partial charge < -0.3 is 9.84 Å². The van der Waals surface area contributed by atoms with Crippen LogP contribution >= 0.6 is 15.9 Å². The number of hydrogen-bond acceptors (Lipinski definition) is 3. The van der Waals surface area contributed by atoms with Crippen molar-refractivity contribution in [2.45, 2.75) is 19.5 Å². The van der Waals surface area contributed by atoms with Crippen LogP contribution < -0.4 is 4.74 Å². The van der Waals surface area contributed by atoms with Crippen LogP contribution in [0.25, 0.3) is 0 Å². The van der Waals surface area contributed by atoms with Gasteiger partial charge in [0.2, 0.25) is 0 Å². The van der Waals surface area contributed by atoms with Gasteiger partial charge in [0.25, 0.3) is 0 Å². The average Bonchev–Trinajstić information content (AvgIpc) is 2.30. The van der Waals surface area contributed by atoms with Crippen molar-refractivity contribution in [3.05, 3.63) is 28.2 Å². The molecule has 0 heterocycles. The first-order valence-electron chi connectivity index (χ1n) is 5.21. The summed E-state index contributed by atoms with van der Waals surface area (Å²) < 4.78 is 6.02. The summed E-state index contributed by atoms with van der Waals surface area (Å²) in [5, 5.41) is 8.91. The van der Waals surface area contributed by atoms with Crippen LogP contribution in [0.15, 0.2) is 22.7 Å². The standard InChI is InChI=1S/C12H16BrNO3/c1-8(12(15)16)14(2)7-9-4-5-10(17-3)6-11(9)13/h4-6,8H,7H2,1-3H3,(H,15,16). The van der Waals surface area contributed by atoms with E-state index in [-0.39, 0.29) is 0 Å². The molecule has 5 heteroatoms. The Balaban J connectivity index is 2.78. The zero-order valence-corrected chi connectivity index (χ0v) is 11.7. The van der Waals surface area contributed by atoms with Crippen LogP contribution in [-0.2, 0) is 11.3 Å². The van der Waals surface area contributed by atoms with E-state index in [1.54, 1.807) is 26.0 Å². The predicted octanol–water partition coefficient (Wildman–Crippen LogP) is 2.36. The molecule has 0 saturated heterocycles. The molecule has 1 N–H and O–H groups in total. The van der Waals surface area contributed by atoms with Crippen LogP contribution in [0.4, 0.5) is 0 Å². The largest absolute Gasteiger partial charge is 0.497 e. The highest BCUT2D eigenvalue weighted by molar-refractivity contribution is 9.10. The van der Waals surface area contributed by atoms with Crippen molar-refractivity contribution < 1.29 is 14.6 Å². The number of ether oxygens (including phenoxy) is 1. The van der Waals surface area contributed by atoms with Gasteiger partial charge in [0, 0.05) is 11.0 Å². The highest BCUT2D eigenvalue weighted by Gasteiger charge is 2.17. The lowest BCUT2D eigenvalue weighted by Gasteiger charge is -2.21. The van der Waals surface area contributed by atoms with Crippen LogP contribution in [0.3, 0.4) is 0 Å². The molecule has 0 amide bonds. The van der Waals surface area contributed by atoms with E-state index in [2.05, 4.69) is 15.9 Å². The van der Waals surface area contributed by atoms with Crippen molar-refractivity contribution in [2.75, 3.05) is 14.2 Å². The second-order valence-electron chi connectivity index (χ2n) is 3.89. The lowest BCUT2D eigenvalue weighted by Crippen LogP contribution is -2.35. The molecule has 1 atom stereocenters. The zero-order chi connectivity index (χ0) is 13.0. The molecule has 0 spiro atoms. The quantitative estimate of drug-likeness (QED) is 0.907. The normalized spacial score (nSPS) is 12.5. The minimum absolute atomic E-state index is 0.510. The van der Waals surface area contributed by atoms with Crippen LogP contribution in [0, 0.1) is 0 Å². The summed E-state index contributed by atoms with van der Waals surface area (Å²) in [5.41, 5.74) is 1.03. The van der Waals surface area contributed by atoms with Gasteiger partial charge in [-0.1, -0.05) is 22.0 Å². The van der Waals surface area contributed by atoms with Crippen LogP contribution in [-0.4, -0.2) is 36.2 Å². The molecule has 1 rings (SSSR count). The number of carboxylic acids is 1. The van der Waals surface area contributed by atoms with E-state index in [0.29, 0.717) is 6.54 Å². The van der Waals surface area contributed by atoms with E-state index in [1.165, 1.54) is 0 Å². The number of nitrogens with zero attached hydrogens (tertiary/aromatic N) is 1. The highest BCUT2D eigenvalue weighted by Crippen LogP contribution is 2.24. The van der Waals surface area contributed by atoms with Crippen molar-refractivity contribution in [3.8, 4) is 5.75 Å². The fourth-order valence-corrected chi connectivity index (χ4v) is 1.86. The number of hydrogen-bond donors (Lipinski definition) is 1. The molecule has 0 radical (unpaired) electrons. The number of carbonyl (C=O) groups is 1. The Kier molecular flexibility index (Phi) is 4.96. The van der Waals surface area contributed by atoms with Gasteiger partial charge in [0.15, 0.2) is 0 Å². The van der Waals surface area contributed by atoms with Crippen molar-refractivity contribution in [1.29, 1.82) is 0 Å². The summed E-state index contributed by atoms with van der Waals surface area (Å²) in [7, 11) is 3.40. The monoisotopic (exact) mass is 301 g/mol. The number of likely N-dealkylation sites (N-methyl/N-ethyl adjacent to an activating group) is 1. The number of aliphatic carboxylic acids is 1. The van der Waals surface area contributed by atoms with E-state index in [4.69, 9.17) is 9.84 Å². The minimum Gasteiger partial charge on any atom is -0.497 e. The van der Waals surface area contributed by atoms with E-state index in [9.17, 15) is 4.79 Å². The number of halogens is 1. The maximum absolute atomic E-state index is 10.8. The van der Waals surface area contributed by atoms with Gasteiger partial charge in [-0.15, -0.1) is 0 Å². The fraction of sp³-hybridized carbons (Fsp3) is 0.417. The van der Waals surface area contributed by atoms with Crippen molar-refractivity contribution in [2.24, 2.45) is 0 Å². The molecule has 1 aromatic carbocycles. The van der Waals surface area contributed by atoms with Gasteiger partial charge in [-0.05, 0) is 31.7 Å². The van der Waals surface area contributed by atoms with Crippen LogP contribution in [0.1, 0.15) is 12.5 Å². The zero-order valence-electron chi connectivity index (χ0n) is 10.1. The van der Waals surface area contributed by atoms with E-state index < -0.39 is 12.0 Å². The Hall–Kier alpha value is -1.07. The third-order valence-corrected chi connectivity index (χ3v) is 3.44. The van der Waals surface area contributed by atoms with Crippen molar-refractivity contribution in [3.63, 3.8) is 0 Å². The summed E-state index contributed by atoms with van der Waals surface area (Å²) >= 11 is 3.45. The molecule has 0 saturated carbocycles. The second kappa shape index (κ2) is 6.02. The van der Waals surface area contributed by atoms with Crippen molar-refractivity contribution in [1.82, 2.24) is 4.90 Å². The Bertz CT molecular complexity index is 409. The molecule has 0 aliphatic rings. The molecule has 0 fully saturated rings. The van der Waals surface area contributed by atoms with Gasteiger partial charge >= 0.3 is 5.97 Å². The molecular weight excluding hydrogens is 286 g/mol. The second-order valence-corrected chi connectivity index (χ2v) is 4.74. The summed E-state index contributed by atoms with van der Waals surface area (Å²) in [5.74, 6) is -0.0494. The smallest absolute Gasteiger partial charge is 0.320 e. The first-order chi connectivity index (χ1) is 7.95. The summed E-state index contributed by atoms with van der Waals surface area (Å²) in [6, 6.07) is 5.14. The molecular formula is C12H16BrNO3. The maximum Gasteiger partial charge on any atom is 0.320 e. The molecule has 0 aliphatic heterocycles. The summed E-state index contributed by atoms with van der Waals surface area (Å²) in [4.78, 5) is 12.6. The Morgan fingerprint density at radius 2 is 2.24 bits per heavy atom. The maximum atomic E-state index is 10.8. The summed E-state index contributed by atoms with van der Waals surface area (Å²) in [6.07, 6.45) is 0. The minimum atomic E-state index is -0.822. The van der Waals surface area contributed by atoms with Crippen LogP contribution in [0.5, 0.6) is 5.75 Å². The average molecular weight is 302 g/mol. The van der Waals surface area contributed by atoms with Gasteiger partial charge in [0.05, 0.1) is 7.11 Å². The first-order valence-corrected chi connectivity index (χ1v) is 6.00. The lowest BCUT2D eigenvalue weighted by atomic mass is 10.2. The van der Waals surface area contributed by atoms with E-state index in [0.717, 1.165) is 15.8 Å². The van der Waals surface area contributed by atoms with Crippen molar-refractivity contribution >= 4 is 21.9 Å². The number of benzene rings is 1. The Morgan fingerprint density at radius 3 is 2.71 bits per heavy atom. The SMILES string of the molecule is COc1ccc(CN(C)C(C)C(=O)O)c(Br)c1. The molecule has 0 aromatic heterocycles. The number of carboxylic acid groups (broad SMARTS) is 1. The Morgan fingerprint density at radius 1 is 1.59 bits per heavy atom. The van der Waals surface area contributed by atoms with Gasteiger partial charge in [-0.2, -0.15) is 0 Å². The van der Waals surface area contributed by atoms with E-state index >= 15 is 0 Å². The molecule has 0 bridgehead atoms. The third-order valence-electron chi connectivity index (χ3n) is 2.70. The van der Waals surface area contributed by atoms with Gasteiger partial charge in [-0.3, -0.25) is 9.69 Å². The molecule has 1 unspecified atom stereocenters. The van der Waals surface area contributed by atoms with E-state index in [1.807, 2.05) is 18.2 Å². The highest BCUT2D eigenvalue weighted by atomic mass is 79.9. The topological polar surface area (TPSA) is 49.8 Å². The Labute approximate surface area is 109 Å². The first kappa shape index (κ1) is 14.0. The van der Waals surface area contributed by atoms with Gasteiger partial charge in [-0.25, -0.2) is 0 Å². The molecule has 0 aliphatic carbocycles. The molecule has 94 valence electrons. The predicted molar refractivity (Wildman–Crippen MR) is 69.3 cm³/mol. The van der Waals surface area contributed by atoms with Gasteiger partial charge in [0.1, 0.15) is 11.8 Å². The fourth-order valence-electron chi connectivity index (χ4n) is 1.38. The third kappa shape index (κ3) is 3.71. The lowest BCUT2D eigenvalue weighted by molar-refractivity contribution is -0.142. The summed E-state index contributed by atoms with van der Waals surface area (Å²) in [6.45, 7) is 2.23. The molecule has 17 heavy (non-hydrogen) atoms. The van der Waals surface area contributed by atoms with Crippen LogP contribution in [0.2, 0.25) is 0 Å². The molecule has 4 nitrogen and oxygen atoms in total.